The second-order valence-electron chi connectivity index (χ2n) is 4.68. The Morgan fingerprint density at radius 1 is 1.39 bits per heavy atom. The molecule has 0 amide bonds. The lowest BCUT2D eigenvalue weighted by atomic mass is 10.0. The van der Waals surface area contributed by atoms with Crippen LogP contribution in [0.2, 0.25) is 0 Å². The van der Waals surface area contributed by atoms with E-state index in [1.807, 2.05) is 6.92 Å². The highest BCUT2D eigenvalue weighted by Crippen LogP contribution is 2.36. The van der Waals surface area contributed by atoms with Gasteiger partial charge in [0.2, 0.25) is 0 Å². The number of thioether (sulfide) groups is 1. The van der Waals surface area contributed by atoms with E-state index in [2.05, 4.69) is 10.0 Å². The van der Waals surface area contributed by atoms with Crippen LogP contribution in [0, 0.1) is 0 Å². The fourth-order valence-corrected chi connectivity index (χ4v) is 2.71. The monoisotopic (exact) mass is 343 g/mol. The Morgan fingerprint density at radius 3 is 2.65 bits per heavy atom. The minimum Gasteiger partial charge on any atom is -0.449 e. The first-order chi connectivity index (χ1) is 10.8. The molecule has 0 fully saturated rings. The normalized spacial score (nSPS) is 12.9. The number of azide groups is 1. The number of hydrogen-bond acceptors (Lipinski definition) is 4. The van der Waals surface area contributed by atoms with Gasteiger partial charge >= 0.3 is 6.18 Å². The maximum absolute atomic E-state index is 13.0. The lowest BCUT2D eigenvalue weighted by molar-refractivity contribution is -0.137. The maximum atomic E-state index is 13.0. The molecule has 0 saturated carbocycles. The molecule has 122 valence electrons. The molecule has 1 unspecified atom stereocenters. The summed E-state index contributed by atoms with van der Waals surface area (Å²) in [6.45, 7) is 3.29. The van der Waals surface area contributed by atoms with E-state index in [0.29, 0.717) is 10.8 Å². The lowest BCUT2D eigenvalue weighted by Gasteiger charge is -2.14. The van der Waals surface area contributed by atoms with E-state index in [-0.39, 0.29) is 16.5 Å². The smallest absolute Gasteiger partial charge is 0.416 e. The topological polar surface area (TPSA) is 79.0 Å². The summed E-state index contributed by atoms with van der Waals surface area (Å²) in [5, 5.41) is 3.54. The standard InChI is InChI=1S/C14H12F3N3O2S/c1-3-23-12-6-11(21)10-5-8(14(15,16)17)4-9(13(10)22-12)7(2)19-20-18/h4-7H,3H2,1-2H3. The minimum absolute atomic E-state index is 0.0151. The van der Waals surface area contributed by atoms with Crippen molar-refractivity contribution in [1.29, 1.82) is 0 Å². The summed E-state index contributed by atoms with van der Waals surface area (Å²) in [7, 11) is 0. The third kappa shape index (κ3) is 3.62. The van der Waals surface area contributed by atoms with Crippen LogP contribution >= 0.6 is 11.8 Å². The molecule has 2 aromatic rings. The Hall–Kier alpha value is -2.12. The number of halogens is 3. The van der Waals surface area contributed by atoms with Crippen LogP contribution in [0.5, 0.6) is 0 Å². The molecule has 1 aromatic carbocycles. The van der Waals surface area contributed by atoms with E-state index < -0.39 is 23.2 Å². The van der Waals surface area contributed by atoms with E-state index >= 15 is 0 Å². The number of benzene rings is 1. The lowest BCUT2D eigenvalue weighted by Crippen LogP contribution is -2.10. The summed E-state index contributed by atoms with van der Waals surface area (Å²) in [5.41, 5.74) is 7.03. The van der Waals surface area contributed by atoms with Crippen molar-refractivity contribution < 1.29 is 17.6 Å². The SMILES string of the molecule is CCSc1cc(=O)c2cc(C(F)(F)F)cc(C(C)N=[N+]=[N-])c2o1. The van der Waals surface area contributed by atoms with E-state index in [4.69, 9.17) is 9.95 Å². The highest BCUT2D eigenvalue weighted by Gasteiger charge is 2.32. The predicted molar refractivity (Wildman–Crippen MR) is 81.4 cm³/mol. The first-order valence-corrected chi connectivity index (χ1v) is 7.62. The molecule has 1 atom stereocenters. The molecule has 0 radical (unpaired) electrons. The van der Waals surface area contributed by atoms with Crippen LogP contribution in [0.3, 0.4) is 0 Å². The van der Waals surface area contributed by atoms with Crippen molar-refractivity contribution in [3.63, 3.8) is 0 Å². The second kappa shape index (κ2) is 6.55. The van der Waals surface area contributed by atoms with E-state index in [9.17, 15) is 18.0 Å². The van der Waals surface area contributed by atoms with E-state index in [1.54, 1.807) is 0 Å². The van der Waals surface area contributed by atoms with Crippen molar-refractivity contribution >= 4 is 22.7 Å². The Bertz CT molecular complexity index is 842. The minimum atomic E-state index is -4.62. The van der Waals surface area contributed by atoms with Gasteiger partial charge in [-0.2, -0.15) is 13.2 Å². The summed E-state index contributed by atoms with van der Waals surface area (Å²) in [4.78, 5) is 14.8. The van der Waals surface area contributed by atoms with Crippen molar-refractivity contribution in [2.45, 2.75) is 31.2 Å². The van der Waals surface area contributed by atoms with Crippen molar-refractivity contribution in [1.82, 2.24) is 0 Å². The van der Waals surface area contributed by atoms with Gasteiger partial charge in [0.15, 0.2) is 10.5 Å². The van der Waals surface area contributed by atoms with Crippen molar-refractivity contribution in [3.05, 3.63) is 50.0 Å². The molecule has 0 aliphatic heterocycles. The zero-order chi connectivity index (χ0) is 17.2. The first-order valence-electron chi connectivity index (χ1n) is 6.64. The largest absolute Gasteiger partial charge is 0.449 e. The van der Waals surface area contributed by atoms with Gasteiger partial charge in [0.05, 0.1) is 17.0 Å². The molecule has 5 nitrogen and oxygen atoms in total. The molecule has 0 aliphatic rings. The summed E-state index contributed by atoms with van der Waals surface area (Å²) in [5.74, 6) is 0.635. The van der Waals surface area contributed by atoms with Crippen LogP contribution in [0.15, 0.2) is 37.6 Å². The zero-order valence-corrected chi connectivity index (χ0v) is 13.0. The second-order valence-corrected chi connectivity index (χ2v) is 5.95. The van der Waals surface area contributed by atoms with Crippen molar-refractivity contribution in [3.8, 4) is 0 Å². The average molecular weight is 343 g/mol. The summed E-state index contributed by atoms with van der Waals surface area (Å²) < 4.78 is 44.7. The van der Waals surface area contributed by atoms with Crippen LogP contribution in [0.25, 0.3) is 21.4 Å². The van der Waals surface area contributed by atoms with Gasteiger partial charge < -0.3 is 4.42 Å². The molecule has 1 heterocycles. The quantitative estimate of drug-likeness (QED) is 0.327. The van der Waals surface area contributed by atoms with Gasteiger partial charge in [-0.25, -0.2) is 0 Å². The van der Waals surface area contributed by atoms with Crippen LogP contribution in [-0.2, 0) is 6.18 Å². The molecule has 9 heteroatoms. The fraction of sp³-hybridized carbons (Fsp3) is 0.357. The van der Waals surface area contributed by atoms with Gasteiger partial charge in [0.25, 0.3) is 0 Å². The summed E-state index contributed by atoms with van der Waals surface area (Å²) in [6.07, 6.45) is -4.62. The van der Waals surface area contributed by atoms with Crippen LogP contribution < -0.4 is 5.43 Å². The summed E-state index contributed by atoms with van der Waals surface area (Å²) >= 11 is 1.26. The fourth-order valence-electron chi connectivity index (χ4n) is 2.09. The molecule has 2 rings (SSSR count). The third-order valence-electron chi connectivity index (χ3n) is 3.12. The molecule has 23 heavy (non-hydrogen) atoms. The van der Waals surface area contributed by atoms with Crippen LogP contribution in [0.4, 0.5) is 13.2 Å². The highest BCUT2D eigenvalue weighted by atomic mass is 32.2. The molecule has 1 aromatic heterocycles. The molecular formula is C14H12F3N3O2S. The van der Waals surface area contributed by atoms with Crippen LogP contribution in [0.1, 0.15) is 31.0 Å². The Balaban J connectivity index is 2.86. The average Bonchev–Trinajstić information content (AvgIpc) is 2.46. The van der Waals surface area contributed by atoms with E-state index in [0.717, 1.165) is 12.1 Å². The van der Waals surface area contributed by atoms with E-state index in [1.165, 1.54) is 24.8 Å². The maximum Gasteiger partial charge on any atom is 0.416 e. The summed E-state index contributed by atoms with van der Waals surface area (Å²) in [6, 6.07) is 1.87. The Kier molecular flexibility index (Phi) is 4.91. The van der Waals surface area contributed by atoms with Gasteiger partial charge in [-0.15, -0.1) is 0 Å². The number of nitrogens with zero attached hydrogens (tertiary/aromatic N) is 3. The molecule has 0 bridgehead atoms. The Labute approximate surface area is 133 Å². The molecule has 0 saturated heterocycles. The Morgan fingerprint density at radius 2 is 2.09 bits per heavy atom. The molecule has 0 spiro atoms. The highest BCUT2D eigenvalue weighted by molar-refractivity contribution is 7.99. The van der Waals surface area contributed by atoms with Gasteiger partial charge in [-0.1, -0.05) is 30.7 Å². The van der Waals surface area contributed by atoms with Gasteiger partial charge in [0, 0.05) is 16.5 Å². The van der Waals surface area contributed by atoms with Gasteiger partial charge in [-0.3, -0.25) is 4.79 Å². The molecule has 0 aliphatic carbocycles. The number of alkyl halides is 3. The third-order valence-corrected chi connectivity index (χ3v) is 3.90. The number of fused-ring (bicyclic) bond motifs is 1. The molecular weight excluding hydrogens is 331 g/mol. The van der Waals surface area contributed by atoms with Crippen molar-refractivity contribution in [2.24, 2.45) is 5.11 Å². The first kappa shape index (κ1) is 17.2. The number of hydrogen-bond donors (Lipinski definition) is 0. The predicted octanol–water partition coefficient (Wildman–Crippen LogP) is 5.30. The zero-order valence-electron chi connectivity index (χ0n) is 12.2. The molecule has 0 N–H and O–H groups in total. The van der Waals surface area contributed by atoms with Crippen molar-refractivity contribution in [2.75, 3.05) is 5.75 Å². The van der Waals surface area contributed by atoms with Crippen LogP contribution in [-0.4, -0.2) is 5.75 Å². The van der Waals surface area contributed by atoms with Gasteiger partial charge in [-0.05, 0) is 23.4 Å². The number of rotatable bonds is 4. The van der Waals surface area contributed by atoms with Gasteiger partial charge in [0.1, 0.15) is 5.58 Å².